The lowest BCUT2D eigenvalue weighted by atomic mass is 9.98. The molecule has 2 aliphatic rings. The summed E-state index contributed by atoms with van der Waals surface area (Å²) < 4.78 is 40.3. The second-order valence-electron chi connectivity index (χ2n) is 8.44. The number of benzene rings is 2. The zero-order chi connectivity index (χ0) is 22.9. The topological polar surface area (TPSA) is 95.6 Å². The quantitative estimate of drug-likeness (QED) is 0.691. The van der Waals surface area contributed by atoms with Gasteiger partial charge in [-0.15, -0.1) is 0 Å². The Morgan fingerprint density at radius 2 is 1.66 bits per heavy atom. The summed E-state index contributed by atoms with van der Waals surface area (Å²) in [7, 11) is -3.81. The second kappa shape index (κ2) is 8.99. The van der Waals surface area contributed by atoms with Crippen LogP contribution in [0.15, 0.2) is 47.4 Å². The van der Waals surface area contributed by atoms with E-state index in [1.165, 1.54) is 16.4 Å². The van der Waals surface area contributed by atoms with Crippen LogP contribution in [0.3, 0.4) is 0 Å². The summed E-state index contributed by atoms with van der Waals surface area (Å²) in [5, 5.41) is 5.77. The van der Waals surface area contributed by atoms with E-state index in [9.17, 15) is 22.4 Å². The van der Waals surface area contributed by atoms with Gasteiger partial charge in [-0.25, -0.2) is 12.8 Å². The average Bonchev–Trinajstić information content (AvgIpc) is 3.62. The Bertz CT molecular complexity index is 1130. The number of piperidine rings is 1. The third-order valence-corrected chi connectivity index (χ3v) is 7.80. The Kier molecular flexibility index (Phi) is 6.30. The number of sulfonamides is 1. The number of nitrogens with zero attached hydrogens (tertiary/aromatic N) is 1. The van der Waals surface area contributed by atoms with Crippen LogP contribution in [-0.2, 0) is 19.6 Å². The first-order chi connectivity index (χ1) is 15.2. The van der Waals surface area contributed by atoms with E-state index >= 15 is 0 Å². The number of hydrogen-bond acceptors (Lipinski definition) is 4. The molecule has 170 valence electrons. The molecule has 1 unspecified atom stereocenters. The van der Waals surface area contributed by atoms with E-state index in [4.69, 9.17) is 0 Å². The summed E-state index contributed by atoms with van der Waals surface area (Å²) in [6.45, 7) is 2.22. The maximum absolute atomic E-state index is 13.2. The molecule has 1 aliphatic carbocycles. The molecule has 0 spiro atoms. The molecule has 0 aromatic heterocycles. The number of aryl methyl sites for hydroxylation is 1. The molecule has 4 rings (SSSR count). The highest BCUT2D eigenvalue weighted by atomic mass is 32.2. The number of halogens is 1. The van der Waals surface area contributed by atoms with Crippen LogP contribution in [0.2, 0.25) is 0 Å². The van der Waals surface area contributed by atoms with Gasteiger partial charge in [-0.1, -0.05) is 6.07 Å². The highest BCUT2D eigenvalue weighted by Gasteiger charge is 2.33. The van der Waals surface area contributed by atoms with Crippen molar-refractivity contribution >= 4 is 33.2 Å². The molecule has 1 heterocycles. The molecule has 1 saturated carbocycles. The summed E-state index contributed by atoms with van der Waals surface area (Å²) in [4.78, 5) is 25.0. The summed E-state index contributed by atoms with van der Waals surface area (Å²) >= 11 is 0. The fourth-order valence-corrected chi connectivity index (χ4v) is 5.31. The molecule has 1 saturated heterocycles. The van der Waals surface area contributed by atoms with Gasteiger partial charge < -0.3 is 10.6 Å². The van der Waals surface area contributed by atoms with Gasteiger partial charge in [0, 0.05) is 30.4 Å². The second-order valence-corrected chi connectivity index (χ2v) is 10.4. The van der Waals surface area contributed by atoms with Crippen molar-refractivity contribution in [3.63, 3.8) is 0 Å². The molecule has 2 aromatic carbocycles. The van der Waals surface area contributed by atoms with E-state index in [1.54, 1.807) is 12.1 Å². The van der Waals surface area contributed by atoms with E-state index < -0.39 is 21.8 Å². The maximum Gasteiger partial charge on any atom is 0.243 e. The minimum atomic E-state index is -3.81. The van der Waals surface area contributed by atoms with E-state index in [0.29, 0.717) is 30.8 Å². The smallest absolute Gasteiger partial charge is 0.243 e. The molecule has 32 heavy (non-hydrogen) atoms. The third-order valence-electron chi connectivity index (χ3n) is 5.92. The Labute approximate surface area is 187 Å². The van der Waals surface area contributed by atoms with Crippen molar-refractivity contribution in [2.24, 2.45) is 11.8 Å². The van der Waals surface area contributed by atoms with Crippen molar-refractivity contribution < 1.29 is 22.4 Å². The van der Waals surface area contributed by atoms with Crippen molar-refractivity contribution in [3.8, 4) is 0 Å². The molecule has 2 fully saturated rings. The van der Waals surface area contributed by atoms with Gasteiger partial charge in [0.25, 0.3) is 0 Å². The van der Waals surface area contributed by atoms with Crippen molar-refractivity contribution in [2.45, 2.75) is 37.5 Å². The van der Waals surface area contributed by atoms with E-state index in [0.717, 1.165) is 30.5 Å². The minimum absolute atomic E-state index is 0.00917. The molecule has 9 heteroatoms. The number of carbonyl (C=O) groups is 2. The van der Waals surface area contributed by atoms with Crippen LogP contribution in [0.1, 0.15) is 31.2 Å². The average molecular weight is 460 g/mol. The fourth-order valence-electron chi connectivity index (χ4n) is 3.79. The molecule has 2 aromatic rings. The van der Waals surface area contributed by atoms with Gasteiger partial charge in [-0.05, 0) is 74.6 Å². The SMILES string of the molecule is Cc1ccc(NC(=O)C2CC2)cc1NC(=O)C1CCCN(S(=O)(=O)c2ccc(F)cc2)C1. The molecular weight excluding hydrogens is 433 g/mol. The van der Waals surface area contributed by atoms with Crippen LogP contribution in [0, 0.1) is 24.6 Å². The molecular formula is C23H26FN3O4S. The monoisotopic (exact) mass is 459 g/mol. The minimum Gasteiger partial charge on any atom is -0.326 e. The van der Waals surface area contributed by atoms with E-state index in [-0.39, 0.29) is 29.2 Å². The molecule has 1 atom stereocenters. The first-order valence-electron chi connectivity index (χ1n) is 10.7. The highest BCUT2D eigenvalue weighted by Crippen LogP contribution is 2.31. The largest absolute Gasteiger partial charge is 0.326 e. The number of carbonyl (C=O) groups excluding carboxylic acids is 2. The Hall–Kier alpha value is -2.78. The highest BCUT2D eigenvalue weighted by molar-refractivity contribution is 7.89. The summed E-state index contributed by atoms with van der Waals surface area (Å²) in [5.41, 5.74) is 2.04. The Balaban J connectivity index is 1.44. The summed E-state index contributed by atoms with van der Waals surface area (Å²) in [5.74, 6) is -1.22. The number of anilines is 2. The van der Waals surface area contributed by atoms with Crippen LogP contribution in [0.5, 0.6) is 0 Å². The van der Waals surface area contributed by atoms with Crippen molar-refractivity contribution in [3.05, 3.63) is 53.8 Å². The van der Waals surface area contributed by atoms with E-state index in [1.807, 2.05) is 13.0 Å². The van der Waals surface area contributed by atoms with Gasteiger partial charge in [0.1, 0.15) is 5.82 Å². The number of hydrogen-bond donors (Lipinski definition) is 2. The zero-order valence-corrected chi connectivity index (χ0v) is 18.6. The van der Waals surface area contributed by atoms with Gasteiger partial charge in [0.15, 0.2) is 0 Å². The maximum atomic E-state index is 13.2. The molecule has 0 bridgehead atoms. The first-order valence-corrected chi connectivity index (χ1v) is 12.2. The molecule has 2 N–H and O–H groups in total. The lowest BCUT2D eigenvalue weighted by molar-refractivity contribution is -0.121. The van der Waals surface area contributed by atoms with Crippen molar-refractivity contribution in [1.29, 1.82) is 0 Å². The Morgan fingerprint density at radius 1 is 0.969 bits per heavy atom. The van der Waals surface area contributed by atoms with Crippen LogP contribution in [0.25, 0.3) is 0 Å². The standard InChI is InChI=1S/C23H26FN3O4S/c1-15-4-9-19(25-22(28)16-5-6-16)13-21(15)26-23(29)17-3-2-12-27(14-17)32(30,31)20-10-7-18(24)8-11-20/h4,7-11,13,16-17H,2-3,5-6,12,14H2,1H3,(H,25,28)(H,26,29). The lowest BCUT2D eigenvalue weighted by Crippen LogP contribution is -2.43. The van der Waals surface area contributed by atoms with Crippen molar-refractivity contribution in [1.82, 2.24) is 4.31 Å². The molecule has 2 amide bonds. The van der Waals surface area contributed by atoms with Gasteiger partial charge in [0.2, 0.25) is 21.8 Å². The lowest BCUT2D eigenvalue weighted by Gasteiger charge is -2.31. The zero-order valence-electron chi connectivity index (χ0n) is 17.8. The van der Waals surface area contributed by atoms with Crippen LogP contribution >= 0.6 is 0 Å². The van der Waals surface area contributed by atoms with Gasteiger partial charge >= 0.3 is 0 Å². The molecule has 1 aliphatic heterocycles. The number of rotatable bonds is 6. The molecule has 7 nitrogen and oxygen atoms in total. The fraction of sp³-hybridized carbons (Fsp3) is 0.391. The normalized spacial score (nSPS) is 19.4. The predicted octanol–water partition coefficient (Wildman–Crippen LogP) is 3.52. The van der Waals surface area contributed by atoms with Gasteiger partial charge in [-0.3, -0.25) is 9.59 Å². The number of nitrogens with one attached hydrogen (secondary N) is 2. The number of amides is 2. The third kappa shape index (κ3) is 4.99. The van der Waals surface area contributed by atoms with E-state index in [2.05, 4.69) is 10.6 Å². The predicted molar refractivity (Wildman–Crippen MR) is 119 cm³/mol. The van der Waals surface area contributed by atoms with Gasteiger partial charge in [-0.2, -0.15) is 4.31 Å². The summed E-state index contributed by atoms with van der Waals surface area (Å²) in [6, 6.07) is 10.0. The Morgan fingerprint density at radius 3 is 2.34 bits per heavy atom. The van der Waals surface area contributed by atoms with Crippen molar-refractivity contribution in [2.75, 3.05) is 23.7 Å². The van der Waals surface area contributed by atoms with Crippen LogP contribution in [0.4, 0.5) is 15.8 Å². The van der Waals surface area contributed by atoms with Crippen LogP contribution in [-0.4, -0.2) is 37.6 Å². The summed E-state index contributed by atoms with van der Waals surface area (Å²) in [6.07, 6.45) is 2.92. The van der Waals surface area contributed by atoms with Crippen LogP contribution < -0.4 is 10.6 Å². The first kappa shape index (κ1) is 22.4. The van der Waals surface area contributed by atoms with Gasteiger partial charge in [0.05, 0.1) is 10.8 Å². The molecule has 0 radical (unpaired) electrons.